The van der Waals surface area contributed by atoms with Crippen LogP contribution in [-0.2, 0) is 31.2 Å². The van der Waals surface area contributed by atoms with Crippen LogP contribution < -0.4 is 18.9 Å². The van der Waals surface area contributed by atoms with Crippen molar-refractivity contribution in [3.63, 3.8) is 0 Å². The van der Waals surface area contributed by atoms with E-state index in [0.717, 1.165) is 67.1 Å². The summed E-state index contributed by atoms with van der Waals surface area (Å²) < 4.78 is 26.0. The average Bonchev–Trinajstić information content (AvgIpc) is 3.03. The molecule has 0 aliphatic carbocycles. The maximum atomic E-state index is 10.8. The normalized spacial score (nSPS) is 21.9. The lowest BCUT2D eigenvalue weighted by molar-refractivity contribution is 0.0545. The first-order valence-corrected chi connectivity index (χ1v) is 16.0. The van der Waals surface area contributed by atoms with Crippen molar-refractivity contribution in [3.8, 4) is 46.0 Å². The van der Waals surface area contributed by atoms with Crippen molar-refractivity contribution in [3.05, 3.63) is 94.0 Å². The lowest BCUT2D eigenvalue weighted by Crippen LogP contribution is -2.53. The van der Waals surface area contributed by atoms with Gasteiger partial charge in [-0.3, -0.25) is 9.80 Å². The van der Waals surface area contributed by atoms with Crippen LogP contribution in [-0.4, -0.2) is 49.2 Å². The van der Waals surface area contributed by atoms with Crippen molar-refractivity contribution in [1.29, 1.82) is 0 Å². The second-order valence-corrected chi connectivity index (χ2v) is 13.4. The molecule has 5 aliphatic rings. The molecule has 45 heavy (non-hydrogen) atoms. The van der Waals surface area contributed by atoms with Gasteiger partial charge in [0.05, 0.1) is 12.6 Å². The Morgan fingerprint density at radius 1 is 0.822 bits per heavy atom. The average molecular weight is 605 g/mol. The molecule has 5 heterocycles. The van der Waals surface area contributed by atoms with Gasteiger partial charge in [0.1, 0.15) is 5.75 Å². The maximum absolute atomic E-state index is 10.8. The van der Waals surface area contributed by atoms with Crippen LogP contribution in [0.2, 0.25) is 0 Å². The van der Waals surface area contributed by atoms with E-state index in [1.165, 1.54) is 22.3 Å². The number of hydrogen-bond donors (Lipinski definition) is 1. The predicted octanol–water partition coefficient (Wildman–Crippen LogP) is 7.76. The van der Waals surface area contributed by atoms with Crippen molar-refractivity contribution in [2.75, 3.05) is 34.3 Å². The first-order chi connectivity index (χ1) is 21.7. The van der Waals surface area contributed by atoms with Crippen molar-refractivity contribution in [2.24, 2.45) is 5.92 Å². The van der Waals surface area contributed by atoms with E-state index < -0.39 is 0 Å². The Morgan fingerprint density at radius 2 is 1.56 bits per heavy atom. The van der Waals surface area contributed by atoms with Crippen molar-refractivity contribution >= 4 is 0 Å². The summed E-state index contributed by atoms with van der Waals surface area (Å²) in [7, 11) is 6.11. The molecule has 7 nitrogen and oxygen atoms in total. The van der Waals surface area contributed by atoms with Gasteiger partial charge in [0.2, 0.25) is 5.75 Å². The highest BCUT2D eigenvalue weighted by Crippen LogP contribution is 2.57. The van der Waals surface area contributed by atoms with Gasteiger partial charge in [0.25, 0.3) is 0 Å². The summed E-state index contributed by atoms with van der Waals surface area (Å²) in [5.74, 6) is 5.16. The second-order valence-electron chi connectivity index (χ2n) is 13.4. The fourth-order valence-corrected chi connectivity index (χ4v) is 8.11. The van der Waals surface area contributed by atoms with E-state index in [0.29, 0.717) is 23.0 Å². The Balaban J connectivity index is 1.38. The van der Waals surface area contributed by atoms with Gasteiger partial charge < -0.3 is 24.1 Å². The smallest absolute Gasteiger partial charge is 0.212 e. The summed E-state index contributed by atoms with van der Waals surface area (Å²) >= 11 is 0. The summed E-state index contributed by atoms with van der Waals surface area (Å²) in [5, 5.41) is 10.8. The van der Waals surface area contributed by atoms with E-state index in [-0.39, 0.29) is 23.2 Å². The van der Waals surface area contributed by atoms with Gasteiger partial charge in [-0.2, -0.15) is 0 Å². The number of ether oxygens (including phenoxy) is 4. The molecule has 7 bridgehead atoms. The van der Waals surface area contributed by atoms with Crippen molar-refractivity contribution < 1.29 is 24.1 Å². The molecular formula is C38H40N2O5. The highest BCUT2D eigenvalue weighted by atomic mass is 16.6. The van der Waals surface area contributed by atoms with Gasteiger partial charge in [0, 0.05) is 24.7 Å². The van der Waals surface area contributed by atoms with Crippen molar-refractivity contribution in [1.82, 2.24) is 9.80 Å². The molecule has 0 saturated heterocycles. The van der Waals surface area contributed by atoms with Gasteiger partial charge in [-0.1, -0.05) is 32.0 Å². The van der Waals surface area contributed by atoms with Gasteiger partial charge in [-0.25, -0.2) is 0 Å². The summed E-state index contributed by atoms with van der Waals surface area (Å²) in [5.41, 5.74) is 6.89. The zero-order chi connectivity index (χ0) is 31.0. The Morgan fingerprint density at radius 3 is 2.33 bits per heavy atom. The fraction of sp³-hybridized carbons (Fsp3) is 0.368. The second kappa shape index (κ2) is 10.4. The molecule has 232 valence electrons. The van der Waals surface area contributed by atoms with E-state index in [2.05, 4.69) is 68.1 Å². The summed E-state index contributed by atoms with van der Waals surface area (Å²) in [4.78, 5) is 4.90. The number of fused-ring (bicyclic) bond motifs is 2. The quantitative estimate of drug-likeness (QED) is 0.221. The molecule has 2 atom stereocenters. The third-order valence-electron chi connectivity index (χ3n) is 10.6. The van der Waals surface area contributed by atoms with E-state index in [1.54, 1.807) is 13.2 Å². The third-order valence-corrected chi connectivity index (χ3v) is 10.6. The predicted molar refractivity (Wildman–Crippen MR) is 174 cm³/mol. The highest BCUT2D eigenvalue weighted by molar-refractivity contribution is 5.68. The topological polar surface area (TPSA) is 63.6 Å². The summed E-state index contributed by atoms with van der Waals surface area (Å²) in [6, 6.07) is 20.6. The first-order valence-electron chi connectivity index (χ1n) is 16.0. The number of aromatic hydroxyl groups is 1. The Labute approximate surface area is 264 Å². The first kappa shape index (κ1) is 28.3. The molecule has 0 amide bonds. The van der Waals surface area contributed by atoms with Crippen LogP contribution in [0.4, 0.5) is 0 Å². The number of phenols is 1. The van der Waals surface area contributed by atoms with E-state index in [4.69, 9.17) is 18.9 Å². The van der Waals surface area contributed by atoms with Crippen LogP contribution in [0, 0.1) is 5.92 Å². The fourth-order valence-electron chi connectivity index (χ4n) is 8.11. The minimum absolute atomic E-state index is 0.0865. The number of hydrogen-bond acceptors (Lipinski definition) is 7. The molecule has 4 aromatic carbocycles. The lowest BCUT2D eigenvalue weighted by Gasteiger charge is -2.50. The molecule has 0 aromatic heterocycles. The SMILES string of the molecule is COc1cc2c3c4c1Oc1cc5c(cc1O4)C(C(C)C)(Cc1ccc(O)c(c1)Oc1ccc(cc1)CC3N(C)CC2)N(C)CC5. The molecule has 0 radical (unpaired) electrons. The van der Waals surface area contributed by atoms with Crippen LogP contribution in [0.25, 0.3) is 0 Å². The highest BCUT2D eigenvalue weighted by Gasteiger charge is 2.45. The minimum Gasteiger partial charge on any atom is -0.504 e. The molecule has 0 fully saturated rings. The maximum Gasteiger partial charge on any atom is 0.212 e. The number of likely N-dealkylation sites (N-methyl/N-ethyl adjacent to an activating group) is 2. The Hall–Kier alpha value is -4.20. The number of phenolic OH excluding ortho intramolecular Hbond substituents is 1. The molecule has 0 saturated carbocycles. The summed E-state index contributed by atoms with van der Waals surface area (Å²) in [6.07, 6.45) is 3.36. The number of rotatable bonds is 2. The molecule has 5 aliphatic heterocycles. The largest absolute Gasteiger partial charge is 0.504 e. The lowest BCUT2D eigenvalue weighted by atomic mass is 9.70. The van der Waals surface area contributed by atoms with Crippen LogP contribution in [0.3, 0.4) is 0 Å². The molecular weight excluding hydrogens is 564 g/mol. The Kier molecular flexibility index (Phi) is 6.55. The number of benzene rings is 4. The number of nitrogens with zero attached hydrogens (tertiary/aromatic N) is 2. The van der Waals surface area contributed by atoms with Gasteiger partial charge in [0.15, 0.2) is 34.5 Å². The van der Waals surface area contributed by atoms with E-state index in [1.807, 2.05) is 24.3 Å². The Bertz CT molecular complexity index is 1820. The molecule has 1 N–H and O–H groups in total. The monoisotopic (exact) mass is 604 g/mol. The zero-order valence-corrected chi connectivity index (χ0v) is 26.6. The number of methoxy groups -OCH3 is 1. The summed E-state index contributed by atoms with van der Waals surface area (Å²) in [6.45, 7) is 6.44. The van der Waals surface area contributed by atoms with Gasteiger partial charge in [-0.05, 0) is 116 Å². The van der Waals surface area contributed by atoms with Gasteiger partial charge in [-0.15, -0.1) is 0 Å². The van der Waals surface area contributed by atoms with Gasteiger partial charge >= 0.3 is 0 Å². The molecule has 0 spiro atoms. The molecule has 2 unspecified atom stereocenters. The molecule has 4 aromatic rings. The zero-order valence-electron chi connectivity index (χ0n) is 26.6. The molecule has 9 rings (SSSR count). The van der Waals surface area contributed by atoms with E-state index >= 15 is 0 Å². The molecule has 7 heteroatoms. The third kappa shape index (κ3) is 4.39. The van der Waals surface area contributed by atoms with Crippen LogP contribution in [0.15, 0.2) is 60.7 Å². The van der Waals surface area contributed by atoms with Crippen LogP contribution >= 0.6 is 0 Å². The van der Waals surface area contributed by atoms with E-state index in [9.17, 15) is 5.11 Å². The minimum atomic E-state index is -0.315. The van der Waals surface area contributed by atoms with Crippen LogP contribution in [0.5, 0.6) is 46.0 Å². The van der Waals surface area contributed by atoms with Crippen LogP contribution in [0.1, 0.15) is 53.3 Å². The standard InChI is InChI=1S/C38H40N2O5/c1-22(2)38-21-24-8-11-30(41)31(17-24)43-27-9-6-23(7-10-27)16-29-35-26(12-14-39(29)3)19-34(42-5)36-37(35)45-33-20-28(38)25(13-15-40(38)4)18-32(33)44-36/h6-11,17-20,22,29,41H,12-16,21H2,1-5H3. The van der Waals surface area contributed by atoms with Crippen molar-refractivity contribution in [2.45, 2.75) is 51.1 Å².